The minimum absolute atomic E-state index is 0.0444. The zero-order valence-electron chi connectivity index (χ0n) is 34.4. The molecule has 27 nitrogen and oxygen atoms in total. The van der Waals surface area contributed by atoms with Gasteiger partial charge in [-0.3, -0.25) is 49.0 Å². The molecule has 0 aliphatic rings. The van der Waals surface area contributed by atoms with Gasteiger partial charge in [0.15, 0.2) is 5.43 Å². The molecular formula is C30H22ClF15N12O15S. The van der Waals surface area contributed by atoms with Crippen LogP contribution in [0.3, 0.4) is 0 Å². The van der Waals surface area contributed by atoms with Crippen LogP contribution in [0.1, 0.15) is 28.5 Å². The van der Waals surface area contributed by atoms with Gasteiger partial charge in [-0.1, -0.05) is 11.6 Å². The molecule has 74 heavy (non-hydrogen) atoms. The average Bonchev–Trinajstić information content (AvgIpc) is 3.20. The van der Waals surface area contributed by atoms with E-state index in [9.17, 15) is 106 Å². The molecule has 0 aliphatic carbocycles. The first kappa shape index (κ1) is 67.3. The van der Waals surface area contributed by atoms with Gasteiger partial charge in [-0.05, 0) is 18.2 Å². The lowest BCUT2D eigenvalue weighted by molar-refractivity contribution is -0.742. The molecule has 0 saturated heterocycles. The largest absolute Gasteiger partial charge is 0.433 e. The number of pyridine rings is 5. The molecule has 44 heteroatoms. The first-order valence-electron chi connectivity index (χ1n) is 16.8. The predicted octanol–water partition coefficient (Wildman–Crippen LogP) is 7.21. The highest BCUT2D eigenvalue weighted by molar-refractivity contribution is 7.79. The van der Waals surface area contributed by atoms with Crippen molar-refractivity contribution >= 4 is 56.1 Å². The number of hydrogen-bond donors (Lipinski definition) is 8. The maximum absolute atomic E-state index is 12.0. The van der Waals surface area contributed by atoms with Crippen molar-refractivity contribution in [2.75, 3.05) is 17.2 Å². The molecule has 410 valence electrons. The number of anilines is 3. The number of halogens is 16. The summed E-state index contributed by atoms with van der Waals surface area (Å²) in [7, 11) is -4.67. The molecule has 5 heterocycles. The van der Waals surface area contributed by atoms with Gasteiger partial charge < -0.3 is 32.4 Å². The van der Waals surface area contributed by atoms with E-state index in [-0.39, 0.29) is 17.4 Å². The van der Waals surface area contributed by atoms with Gasteiger partial charge in [-0.15, -0.1) is 10.1 Å². The van der Waals surface area contributed by atoms with Crippen molar-refractivity contribution in [3.8, 4) is 0 Å². The second-order valence-corrected chi connectivity index (χ2v) is 13.1. The molecule has 5 aromatic heterocycles. The fourth-order valence-corrected chi connectivity index (χ4v) is 3.72. The zero-order chi connectivity index (χ0) is 58.7. The summed E-state index contributed by atoms with van der Waals surface area (Å²) in [6, 6.07) is 3.24. The van der Waals surface area contributed by atoms with Gasteiger partial charge in [0.2, 0.25) is 0 Å². The Bertz CT molecular complexity index is 2890. The third kappa shape index (κ3) is 27.0. The molecule has 5 aromatic rings. The molecule has 0 spiro atoms. The third-order valence-electron chi connectivity index (χ3n) is 6.45. The van der Waals surface area contributed by atoms with Gasteiger partial charge in [-0.2, -0.15) is 74.3 Å². The number of nitro groups is 3. The van der Waals surface area contributed by atoms with Crippen molar-refractivity contribution in [2.24, 2.45) is 0 Å². The summed E-state index contributed by atoms with van der Waals surface area (Å²) in [5.74, 6) is 0. The van der Waals surface area contributed by atoms with Crippen LogP contribution in [0, 0.1) is 40.5 Å². The van der Waals surface area contributed by atoms with E-state index >= 15 is 0 Å². The van der Waals surface area contributed by atoms with Gasteiger partial charge in [0.1, 0.15) is 51.6 Å². The lowest BCUT2D eigenvalue weighted by Gasteiger charge is -2.06. The molecule has 5 rings (SSSR count). The molecule has 0 atom stereocenters. The Kier molecular flexibility index (Phi) is 24.7. The van der Waals surface area contributed by atoms with E-state index in [1.54, 1.807) is 4.98 Å². The maximum Gasteiger partial charge on any atom is 0.433 e. The Morgan fingerprint density at radius 1 is 0.541 bits per heavy atom. The highest BCUT2D eigenvalue weighted by Gasteiger charge is 2.36. The van der Waals surface area contributed by atoms with Crippen molar-refractivity contribution in [1.29, 1.82) is 0 Å². The zero-order valence-corrected chi connectivity index (χ0v) is 36.0. The standard InChI is InChI=1S/C6H2ClF3N2O2.C6H4F3N3O2.C6H6F3N3.C6H3F3N2O3.C6H4F3NO.HNO3.H2O4S/c7-3-1-5(6(8,9)10)11-2-4(3)12(13)14;7-6(8,9)5-1-3(10)4(2-11-5)12(13)14;7-6(8,9)5-1-3(10)4(11)2-12-5;7-6(8,9)5-1-4(12)3(2-10-5)11(13)14;7-6(8,9)5-3-4(11)1-2-10-5;2-1(3)4;1-5(2,3)4/h1-2H;1-2H,(H2,10,11);1-2H,11H2,(H2,10,12);1-2H,(H,10,12);1-3H,(H,10,11);(H,2,3,4);(H2,1,2,3,4). The number of H-pyrrole nitrogens is 2. The Labute approximate surface area is 399 Å². The number of nitrogen functional groups attached to an aromatic ring is 3. The second-order valence-electron chi connectivity index (χ2n) is 11.8. The fraction of sp³-hybridized carbons (Fsp3) is 0.167. The van der Waals surface area contributed by atoms with Crippen LogP contribution in [0.15, 0.2) is 77.0 Å². The fourth-order valence-electron chi connectivity index (χ4n) is 3.50. The van der Waals surface area contributed by atoms with Crippen molar-refractivity contribution in [2.45, 2.75) is 30.9 Å². The number of rotatable bonds is 3. The van der Waals surface area contributed by atoms with Gasteiger partial charge in [-0.25, -0.2) is 15.0 Å². The van der Waals surface area contributed by atoms with Crippen molar-refractivity contribution < 1.29 is 108 Å². The molecule has 0 aromatic carbocycles. The molecule has 11 N–H and O–H groups in total. The molecule has 0 radical (unpaired) electrons. The predicted molar refractivity (Wildman–Crippen MR) is 213 cm³/mol. The number of nitrogens with one attached hydrogen (secondary N) is 2. The van der Waals surface area contributed by atoms with Crippen molar-refractivity contribution in [3.05, 3.63) is 162 Å². The van der Waals surface area contributed by atoms with Crippen LogP contribution in [-0.2, 0) is 41.3 Å². The summed E-state index contributed by atoms with van der Waals surface area (Å²) in [4.78, 5) is 69.5. The number of nitrogens with two attached hydrogens (primary N) is 3. The molecule has 0 bridgehead atoms. The van der Waals surface area contributed by atoms with Crippen LogP contribution < -0.4 is 28.1 Å². The second kappa shape index (κ2) is 27.2. The first-order chi connectivity index (χ1) is 33.1. The van der Waals surface area contributed by atoms with E-state index < -0.39 is 128 Å². The summed E-state index contributed by atoms with van der Waals surface area (Å²) in [5, 5.41) is 43.5. The monoisotopic (exact) mass is 1140 g/mol. The Morgan fingerprint density at radius 3 is 1.19 bits per heavy atom. The summed E-state index contributed by atoms with van der Waals surface area (Å²) < 4.78 is 211. The highest BCUT2D eigenvalue weighted by atomic mass is 35.5. The lowest BCUT2D eigenvalue weighted by atomic mass is 10.3. The van der Waals surface area contributed by atoms with Crippen LogP contribution in [0.25, 0.3) is 0 Å². The number of hydrogen-bond acceptors (Lipinski definition) is 18. The summed E-state index contributed by atoms with van der Waals surface area (Å²) >= 11 is 5.25. The molecule has 0 saturated carbocycles. The minimum atomic E-state index is -4.71. The van der Waals surface area contributed by atoms with E-state index in [0.29, 0.717) is 42.9 Å². The first-order valence-corrected chi connectivity index (χ1v) is 18.5. The smallest absolute Gasteiger partial charge is 0.397 e. The highest BCUT2D eigenvalue weighted by Crippen LogP contribution is 2.34. The van der Waals surface area contributed by atoms with Crippen molar-refractivity contribution in [3.63, 3.8) is 0 Å². The van der Waals surface area contributed by atoms with E-state index in [1.165, 1.54) is 0 Å². The summed E-state index contributed by atoms with van der Waals surface area (Å²) in [5.41, 5.74) is 4.72. The number of aromatic nitrogens is 5. The van der Waals surface area contributed by atoms with Gasteiger partial charge in [0, 0.05) is 24.4 Å². The number of aromatic amines is 2. The number of alkyl halides is 15. The average molecular weight is 1140 g/mol. The summed E-state index contributed by atoms with van der Waals surface area (Å²) in [6.07, 6.45) is -19.7. The van der Waals surface area contributed by atoms with Crippen LogP contribution in [0.4, 0.5) is 100.0 Å². The van der Waals surface area contributed by atoms with Crippen LogP contribution in [-0.4, -0.2) is 67.5 Å². The van der Waals surface area contributed by atoms with E-state index in [4.69, 9.17) is 61.6 Å². The normalized spacial score (nSPS) is 11.2. The van der Waals surface area contributed by atoms with Crippen LogP contribution >= 0.6 is 11.6 Å². The van der Waals surface area contributed by atoms with E-state index in [0.717, 1.165) is 18.5 Å². The molecule has 0 fully saturated rings. The Morgan fingerprint density at radius 2 is 0.892 bits per heavy atom. The molecule has 0 amide bonds. The van der Waals surface area contributed by atoms with Crippen LogP contribution in [0.5, 0.6) is 0 Å². The topological polar surface area (TPSA) is 450 Å². The van der Waals surface area contributed by atoms with Crippen molar-refractivity contribution in [1.82, 2.24) is 24.9 Å². The van der Waals surface area contributed by atoms with Gasteiger partial charge >= 0.3 is 58.3 Å². The van der Waals surface area contributed by atoms with Crippen LogP contribution in [0.2, 0.25) is 5.02 Å². The Hall–Kier alpha value is -8.74. The minimum Gasteiger partial charge on any atom is -0.397 e. The molecular weight excluding hydrogens is 1120 g/mol. The third-order valence-corrected chi connectivity index (χ3v) is 6.76. The quantitative estimate of drug-likeness (QED) is 0.0382. The lowest BCUT2D eigenvalue weighted by Crippen LogP contribution is -2.15. The van der Waals surface area contributed by atoms with Gasteiger partial charge in [0.05, 0.1) is 38.5 Å². The molecule has 0 aliphatic heterocycles. The SMILES string of the molecule is Nc1cc(C(F)(F)F)ncc1[N+](=O)[O-].Nc1cnc(C(F)(F)F)cc1N.O=S(=O)(O)O.O=[N+]([O-])O.O=[N+]([O-])c1cnc(C(F)(F)F)cc1Cl.O=c1cc(C(F)(F)F)[nH]cc1[N+](=O)[O-].O=c1cc[nH]c(C(F)(F)F)c1. The summed E-state index contributed by atoms with van der Waals surface area (Å²) in [6.45, 7) is 0. The number of nitrogens with zero attached hydrogens (tertiary/aromatic N) is 7. The van der Waals surface area contributed by atoms with Gasteiger partial charge in [0.25, 0.3) is 10.5 Å². The van der Waals surface area contributed by atoms with E-state index in [2.05, 4.69) is 15.0 Å². The molecule has 0 unspecified atom stereocenters. The van der Waals surface area contributed by atoms with E-state index in [1.807, 2.05) is 4.98 Å². The Balaban J connectivity index is 0. The maximum atomic E-state index is 12.0.